The zero-order valence-electron chi connectivity index (χ0n) is 10.9. The fraction of sp³-hybridized carbons (Fsp3) is 0.500. The molecular formula is C12H13F6NO3. The van der Waals surface area contributed by atoms with Gasteiger partial charge in [0, 0.05) is 17.8 Å². The molecule has 0 spiro atoms. The molecule has 126 valence electrons. The number of nitrogens with one attached hydrogen (secondary N) is 1. The minimum Gasteiger partial charge on any atom is -0.394 e. The summed E-state index contributed by atoms with van der Waals surface area (Å²) in [5.74, 6) is 0. The Labute approximate surface area is 121 Å². The quantitative estimate of drug-likeness (QED) is 0.620. The Kier molecular flexibility index (Phi) is 5.31. The molecule has 0 aliphatic rings. The number of alkyl halides is 6. The molecule has 0 radical (unpaired) electrons. The number of benzene rings is 1. The fourth-order valence-electron chi connectivity index (χ4n) is 1.71. The molecule has 1 unspecified atom stereocenters. The van der Waals surface area contributed by atoms with E-state index < -0.39 is 48.5 Å². The molecule has 10 heteroatoms. The zero-order valence-corrected chi connectivity index (χ0v) is 10.9. The van der Waals surface area contributed by atoms with Crippen LogP contribution in [-0.2, 0) is 5.60 Å². The van der Waals surface area contributed by atoms with Crippen molar-refractivity contribution in [3.63, 3.8) is 0 Å². The van der Waals surface area contributed by atoms with Crippen molar-refractivity contribution in [1.29, 1.82) is 0 Å². The van der Waals surface area contributed by atoms with Crippen LogP contribution in [0.4, 0.5) is 32.0 Å². The van der Waals surface area contributed by atoms with Crippen LogP contribution in [0.5, 0.6) is 0 Å². The number of hydrogen-bond acceptors (Lipinski definition) is 4. The van der Waals surface area contributed by atoms with Crippen molar-refractivity contribution in [2.24, 2.45) is 0 Å². The van der Waals surface area contributed by atoms with Crippen LogP contribution in [0.3, 0.4) is 0 Å². The van der Waals surface area contributed by atoms with Gasteiger partial charge in [-0.3, -0.25) is 0 Å². The molecular weight excluding hydrogens is 320 g/mol. The highest BCUT2D eigenvalue weighted by Crippen LogP contribution is 2.51. The molecule has 0 amide bonds. The van der Waals surface area contributed by atoms with E-state index >= 15 is 0 Å². The summed E-state index contributed by atoms with van der Waals surface area (Å²) in [6.07, 6.45) is -13.4. The minimum atomic E-state index is -6.00. The molecule has 1 aromatic rings. The monoisotopic (exact) mass is 333 g/mol. The van der Waals surface area contributed by atoms with E-state index in [-0.39, 0.29) is 0 Å². The Morgan fingerprint density at radius 1 is 1.00 bits per heavy atom. The summed E-state index contributed by atoms with van der Waals surface area (Å²) in [4.78, 5) is 0. The molecule has 0 heterocycles. The third-order valence-corrected chi connectivity index (χ3v) is 2.88. The second kappa shape index (κ2) is 6.31. The van der Waals surface area contributed by atoms with Gasteiger partial charge in [-0.1, -0.05) is 18.2 Å². The number of hydrogen-bond donors (Lipinski definition) is 4. The number of para-hydroxylation sites is 1. The fourth-order valence-corrected chi connectivity index (χ4v) is 1.71. The normalized spacial score (nSPS) is 14.8. The zero-order chi connectivity index (χ0) is 17.2. The van der Waals surface area contributed by atoms with Crippen LogP contribution in [0.15, 0.2) is 24.3 Å². The van der Waals surface area contributed by atoms with Gasteiger partial charge in [0.15, 0.2) is 0 Å². The Morgan fingerprint density at radius 2 is 1.50 bits per heavy atom. The van der Waals surface area contributed by atoms with Crippen molar-refractivity contribution >= 4 is 5.69 Å². The van der Waals surface area contributed by atoms with Gasteiger partial charge in [0.1, 0.15) is 0 Å². The molecule has 0 aromatic heterocycles. The third kappa shape index (κ3) is 3.45. The maximum absolute atomic E-state index is 12.8. The van der Waals surface area contributed by atoms with E-state index in [9.17, 15) is 31.4 Å². The first-order valence-electron chi connectivity index (χ1n) is 5.93. The Hall–Kier alpha value is -1.52. The van der Waals surface area contributed by atoms with E-state index in [2.05, 4.69) is 5.32 Å². The summed E-state index contributed by atoms with van der Waals surface area (Å²) in [6, 6.07) is 3.44. The molecule has 4 N–H and O–H groups in total. The molecule has 0 fully saturated rings. The molecule has 0 bridgehead atoms. The molecule has 0 saturated carbocycles. The standard InChI is InChI=1S/C12H13F6NO3/c13-11(14,15)10(22,12(16,17)18)8-3-1-2-4-9(8)19-5-7(21)6-20/h1-4,7,19-22H,5-6H2. The number of anilines is 1. The van der Waals surface area contributed by atoms with Crippen molar-refractivity contribution in [3.8, 4) is 0 Å². The number of rotatable bonds is 5. The van der Waals surface area contributed by atoms with Gasteiger partial charge in [-0.2, -0.15) is 26.3 Å². The molecule has 1 aromatic carbocycles. The van der Waals surface area contributed by atoms with E-state index in [1.165, 1.54) is 0 Å². The first kappa shape index (κ1) is 18.5. The summed E-state index contributed by atoms with van der Waals surface area (Å²) in [5, 5.41) is 29.2. The lowest BCUT2D eigenvalue weighted by Crippen LogP contribution is -2.54. The van der Waals surface area contributed by atoms with Gasteiger partial charge in [0.2, 0.25) is 0 Å². The van der Waals surface area contributed by atoms with Gasteiger partial charge in [-0.25, -0.2) is 0 Å². The smallest absolute Gasteiger partial charge is 0.394 e. The highest BCUT2D eigenvalue weighted by Gasteiger charge is 2.72. The van der Waals surface area contributed by atoms with Gasteiger partial charge in [0.25, 0.3) is 5.60 Å². The van der Waals surface area contributed by atoms with Crippen LogP contribution >= 0.6 is 0 Å². The maximum atomic E-state index is 12.8. The van der Waals surface area contributed by atoms with Gasteiger partial charge in [-0.15, -0.1) is 0 Å². The van der Waals surface area contributed by atoms with Gasteiger partial charge in [0.05, 0.1) is 12.7 Å². The first-order valence-corrected chi connectivity index (χ1v) is 5.93. The van der Waals surface area contributed by atoms with Crippen LogP contribution in [0.2, 0.25) is 0 Å². The Morgan fingerprint density at radius 3 is 1.95 bits per heavy atom. The van der Waals surface area contributed by atoms with Gasteiger partial charge in [-0.05, 0) is 6.07 Å². The largest absolute Gasteiger partial charge is 0.430 e. The molecule has 0 saturated heterocycles. The van der Waals surface area contributed by atoms with Crippen LogP contribution in [0.1, 0.15) is 5.56 Å². The van der Waals surface area contributed by atoms with Crippen LogP contribution in [0.25, 0.3) is 0 Å². The van der Waals surface area contributed by atoms with Crippen molar-refractivity contribution in [1.82, 2.24) is 0 Å². The van der Waals surface area contributed by atoms with Crippen molar-refractivity contribution in [3.05, 3.63) is 29.8 Å². The number of halogens is 6. The summed E-state index contributed by atoms with van der Waals surface area (Å²) in [5.41, 5.74) is -7.17. The summed E-state index contributed by atoms with van der Waals surface area (Å²) >= 11 is 0. The summed E-state index contributed by atoms with van der Waals surface area (Å²) < 4.78 is 77.1. The average molecular weight is 333 g/mol. The molecule has 0 aliphatic carbocycles. The number of aliphatic hydroxyl groups is 3. The Bertz CT molecular complexity index is 488. The topological polar surface area (TPSA) is 72.7 Å². The van der Waals surface area contributed by atoms with E-state index in [1.54, 1.807) is 0 Å². The molecule has 4 nitrogen and oxygen atoms in total. The van der Waals surface area contributed by atoms with Crippen molar-refractivity contribution < 1.29 is 41.7 Å². The average Bonchev–Trinajstić information content (AvgIpc) is 2.41. The predicted octanol–water partition coefficient (Wildman–Crippen LogP) is 1.76. The second-order valence-electron chi connectivity index (χ2n) is 4.47. The van der Waals surface area contributed by atoms with Crippen molar-refractivity contribution in [2.75, 3.05) is 18.5 Å². The highest BCUT2D eigenvalue weighted by molar-refractivity contribution is 5.55. The summed E-state index contributed by atoms with van der Waals surface area (Å²) in [7, 11) is 0. The van der Waals surface area contributed by atoms with Crippen LogP contribution in [-0.4, -0.2) is 46.9 Å². The van der Waals surface area contributed by atoms with Crippen molar-refractivity contribution in [2.45, 2.75) is 24.1 Å². The molecule has 22 heavy (non-hydrogen) atoms. The van der Waals surface area contributed by atoms with E-state index in [1.807, 2.05) is 0 Å². The lowest BCUT2D eigenvalue weighted by Gasteiger charge is -2.34. The van der Waals surface area contributed by atoms with Gasteiger partial charge < -0.3 is 20.6 Å². The first-order chi connectivity index (χ1) is 9.95. The van der Waals surface area contributed by atoms with E-state index in [0.29, 0.717) is 6.07 Å². The lowest BCUT2D eigenvalue weighted by atomic mass is 9.90. The molecule has 0 aliphatic heterocycles. The molecule has 1 rings (SSSR count). The third-order valence-electron chi connectivity index (χ3n) is 2.88. The molecule has 1 atom stereocenters. The predicted molar refractivity (Wildman–Crippen MR) is 64.0 cm³/mol. The summed E-state index contributed by atoms with van der Waals surface area (Å²) in [6.45, 7) is -1.24. The Balaban J connectivity index is 3.33. The second-order valence-corrected chi connectivity index (χ2v) is 4.47. The lowest BCUT2D eigenvalue weighted by molar-refractivity contribution is -0.376. The number of aliphatic hydroxyl groups excluding tert-OH is 2. The van der Waals surface area contributed by atoms with Gasteiger partial charge >= 0.3 is 12.4 Å². The SMILES string of the molecule is OCC(O)CNc1ccccc1C(O)(C(F)(F)F)C(F)(F)F. The maximum Gasteiger partial charge on any atom is 0.430 e. The highest BCUT2D eigenvalue weighted by atomic mass is 19.4. The van der Waals surface area contributed by atoms with E-state index in [4.69, 9.17) is 10.2 Å². The van der Waals surface area contributed by atoms with Crippen LogP contribution < -0.4 is 5.32 Å². The van der Waals surface area contributed by atoms with Crippen LogP contribution in [0, 0.1) is 0 Å². The van der Waals surface area contributed by atoms with E-state index in [0.717, 1.165) is 18.2 Å². The minimum absolute atomic E-state index is 0.481.